The fourth-order valence-electron chi connectivity index (χ4n) is 4.62. The number of anilines is 1. The molecule has 1 N–H and O–H groups in total. The van der Waals surface area contributed by atoms with E-state index < -0.39 is 0 Å². The second-order valence-electron chi connectivity index (χ2n) is 7.41. The van der Waals surface area contributed by atoms with Crippen molar-refractivity contribution in [3.8, 4) is 11.6 Å². The largest absolute Gasteiger partial charge is 0.369 e. The maximum absolute atomic E-state index is 5.55. The van der Waals surface area contributed by atoms with E-state index in [0.29, 0.717) is 29.9 Å². The highest BCUT2D eigenvalue weighted by molar-refractivity contribution is 5.70. The number of hydrogen-bond donors (Lipinski definition) is 1. The van der Waals surface area contributed by atoms with Crippen molar-refractivity contribution >= 4 is 5.82 Å². The Bertz CT molecular complexity index is 819. The number of aromatic nitrogens is 4. The van der Waals surface area contributed by atoms with E-state index >= 15 is 0 Å². The van der Waals surface area contributed by atoms with Crippen LogP contribution >= 0.6 is 0 Å². The molecule has 2 fully saturated rings. The quantitative estimate of drug-likeness (QED) is 0.916. The van der Waals surface area contributed by atoms with Crippen LogP contribution in [0.25, 0.3) is 11.6 Å². The summed E-state index contributed by atoms with van der Waals surface area (Å²) in [6.45, 7) is 0. The smallest absolute Gasteiger partial charge is 0.280 e. The average molecular weight is 324 g/mol. The van der Waals surface area contributed by atoms with E-state index in [9.17, 15) is 0 Å². The molecule has 7 nitrogen and oxygen atoms in total. The predicted octanol–water partition coefficient (Wildman–Crippen LogP) is 2.76. The van der Waals surface area contributed by atoms with Gasteiger partial charge < -0.3 is 19.3 Å². The van der Waals surface area contributed by atoms with Gasteiger partial charge in [-0.05, 0) is 25.7 Å². The third-order valence-corrected chi connectivity index (χ3v) is 5.95. The van der Waals surface area contributed by atoms with Crippen LogP contribution in [0.4, 0.5) is 5.82 Å². The summed E-state index contributed by atoms with van der Waals surface area (Å²) in [6.07, 6.45) is 13.9. The van der Waals surface area contributed by atoms with Crippen LogP contribution in [0.3, 0.4) is 0 Å². The first-order chi connectivity index (χ1) is 11.9. The summed E-state index contributed by atoms with van der Waals surface area (Å²) < 4.78 is 7.89. The van der Waals surface area contributed by atoms with Crippen molar-refractivity contribution < 1.29 is 4.52 Å². The van der Waals surface area contributed by atoms with E-state index in [1.54, 1.807) is 0 Å². The number of hydrogen-bond acceptors (Lipinski definition) is 6. The summed E-state index contributed by atoms with van der Waals surface area (Å²) in [7, 11) is 0. The molecule has 0 saturated heterocycles. The molecule has 2 aromatic heterocycles. The summed E-state index contributed by atoms with van der Waals surface area (Å²) in [6, 6.07) is 0.509. The summed E-state index contributed by atoms with van der Waals surface area (Å²) in [5, 5.41) is 7.70. The third-order valence-electron chi connectivity index (χ3n) is 5.95. The zero-order valence-corrected chi connectivity index (χ0v) is 13.4. The highest BCUT2D eigenvalue weighted by Crippen LogP contribution is 2.48. The highest BCUT2D eigenvalue weighted by atomic mass is 16.5. The van der Waals surface area contributed by atoms with E-state index in [2.05, 4.69) is 36.1 Å². The molecule has 2 aliphatic heterocycles. The Labute approximate surface area is 139 Å². The van der Waals surface area contributed by atoms with Crippen molar-refractivity contribution in [2.75, 3.05) is 4.90 Å². The normalized spacial score (nSPS) is 30.7. The molecule has 124 valence electrons. The molecule has 0 amide bonds. The van der Waals surface area contributed by atoms with Crippen LogP contribution in [0, 0.1) is 5.92 Å². The number of fused-ring (bicyclic) bond motifs is 6. The van der Waals surface area contributed by atoms with Gasteiger partial charge in [0, 0.05) is 30.3 Å². The topological polar surface area (TPSA) is 72.0 Å². The van der Waals surface area contributed by atoms with Gasteiger partial charge in [-0.1, -0.05) is 18.0 Å². The van der Waals surface area contributed by atoms with Gasteiger partial charge in [0.2, 0.25) is 0 Å². The average Bonchev–Trinajstić information content (AvgIpc) is 3.05. The summed E-state index contributed by atoms with van der Waals surface area (Å²) >= 11 is 0. The maximum Gasteiger partial charge on any atom is 0.280 e. The van der Waals surface area contributed by atoms with E-state index in [4.69, 9.17) is 4.52 Å². The fourth-order valence-corrected chi connectivity index (χ4v) is 4.62. The lowest BCUT2D eigenvalue weighted by Gasteiger charge is -2.45. The first kappa shape index (κ1) is 13.0. The zero-order valence-electron chi connectivity index (χ0n) is 13.4. The third kappa shape index (κ3) is 1.70. The van der Waals surface area contributed by atoms with Gasteiger partial charge in [-0.25, -0.2) is 4.98 Å². The molecular formula is C17H20N6O. The molecule has 2 aromatic rings. The second-order valence-corrected chi connectivity index (χ2v) is 7.41. The number of nitrogens with zero attached hydrogens (tertiary/aromatic N) is 5. The molecule has 0 radical (unpaired) electrons. The fraction of sp³-hybridized carbons (Fsp3) is 0.588. The molecule has 6 rings (SSSR count). The molecule has 3 unspecified atom stereocenters. The summed E-state index contributed by atoms with van der Waals surface area (Å²) in [4.78, 5) is 11.6. The molecule has 2 aliphatic carbocycles. The van der Waals surface area contributed by atoms with Crippen LogP contribution in [0.2, 0.25) is 0 Å². The molecule has 0 bridgehead atoms. The Hall–Kier alpha value is -2.31. The number of imidazole rings is 1. The van der Waals surface area contributed by atoms with Gasteiger partial charge in [-0.2, -0.15) is 4.98 Å². The van der Waals surface area contributed by atoms with Crippen molar-refractivity contribution in [3.63, 3.8) is 0 Å². The number of nitrogens with one attached hydrogen (secondary N) is 1. The van der Waals surface area contributed by atoms with Crippen molar-refractivity contribution in [1.29, 1.82) is 0 Å². The van der Waals surface area contributed by atoms with Gasteiger partial charge >= 0.3 is 0 Å². The Balaban J connectivity index is 1.48. The van der Waals surface area contributed by atoms with E-state index in [1.165, 1.54) is 38.5 Å². The van der Waals surface area contributed by atoms with E-state index in [0.717, 1.165) is 17.3 Å². The van der Waals surface area contributed by atoms with E-state index in [-0.39, 0.29) is 0 Å². The van der Waals surface area contributed by atoms with Crippen LogP contribution in [0.1, 0.15) is 56.3 Å². The van der Waals surface area contributed by atoms with Gasteiger partial charge in [-0.15, -0.1) is 0 Å². The Morgan fingerprint density at radius 1 is 1.17 bits per heavy atom. The zero-order chi connectivity index (χ0) is 15.7. The molecule has 4 heterocycles. The van der Waals surface area contributed by atoms with Gasteiger partial charge in [0.1, 0.15) is 12.0 Å². The standard InChI is InChI=1S/C17H20N6O/c1-2-4-12-11(3-1)15-18-7-8-22(15)17-13(19-9-23(12)17)16-20-14(21-24-16)10-5-6-10/h7-12,15,18H,1-6H2. The Morgan fingerprint density at radius 3 is 3.00 bits per heavy atom. The lowest BCUT2D eigenvalue weighted by atomic mass is 9.80. The summed E-state index contributed by atoms with van der Waals surface area (Å²) in [5.74, 6) is 3.59. The molecule has 24 heavy (non-hydrogen) atoms. The SMILES string of the molecule is C1=CN2c3c(-c4nc(C5CC5)no4)ncn3C3CCCCC3C2N1. The van der Waals surface area contributed by atoms with Gasteiger partial charge in [0.05, 0.1) is 6.33 Å². The Morgan fingerprint density at radius 2 is 2.08 bits per heavy atom. The minimum absolute atomic E-state index is 0.323. The lowest BCUT2D eigenvalue weighted by Crippen LogP contribution is -2.51. The van der Waals surface area contributed by atoms with Crippen LogP contribution in [-0.2, 0) is 0 Å². The molecule has 0 aromatic carbocycles. The minimum Gasteiger partial charge on any atom is -0.369 e. The first-order valence-electron chi connectivity index (χ1n) is 9.02. The minimum atomic E-state index is 0.323. The predicted molar refractivity (Wildman–Crippen MR) is 87.0 cm³/mol. The van der Waals surface area contributed by atoms with Crippen molar-refractivity contribution in [2.45, 2.75) is 56.7 Å². The lowest BCUT2D eigenvalue weighted by molar-refractivity contribution is 0.179. The molecule has 0 spiro atoms. The van der Waals surface area contributed by atoms with Gasteiger partial charge in [0.25, 0.3) is 5.89 Å². The van der Waals surface area contributed by atoms with Crippen LogP contribution in [-0.4, -0.2) is 25.9 Å². The van der Waals surface area contributed by atoms with Crippen molar-refractivity contribution in [2.24, 2.45) is 5.92 Å². The van der Waals surface area contributed by atoms with E-state index in [1.807, 2.05) is 12.5 Å². The molecule has 7 heteroatoms. The summed E-state index contributed by atoms with van der Waals surface area (Å²) in [5.41, 5.74) is 0.816. The maximum atomic E-state index is 5.55. The second kappa shape index (κ2) is 4.62. The van der Waals surface area contributed by atoms with Crippen molar-refractivity contribution in [1.82, 2.24) is 25.0 Å². The molecule has 2 saturated carbocycles. The van der Waals surface area contributed by atoms with Crippen molar-refractivity contribution in [3.05, 3.63) is 24.6 Å². The van der Waals surface area contributed by atoms with Crippen LogP contribution < -0.4 is 10.2 Å². The van der Waals surface area contributed by atoms with Gasteiger partial charge in [-0.3, -0.25) is 0 Å². The monoisotopic (exact) mass is 324 g/mol. The molecule has 4 aliphatic rings. The van der Waals surface area contributed by atoms with Gasteiger partial charge in [0.15, 0.2) is 11.5 Å². The Kier molecular flexibility index (Phi) is 2.51. The molecule has 3 atom stereocenters. The first-order valence-corrected chi connectivity index (χ1v) is 9.02. The van der Waals surface area contributed by atoms with Crippen LogP contribution in [0.5, 0.6) is 0 Å². The highest BCUT2D eigenvalue weighted by Gasteiger charge is 2.45. The van der Waals surface area contributed by atoms with Crippen LogP contribution in [0.15, 0.2) is 23.3 Å². The molecular weight excluding hydrogens is 304 g/mol. The number of rotatable bonds is 2.